The predicted molar refractivity (Wildman–Crippen MR) is 71.8 cm³/mol. The summed E-state index contributed by atoms with van der Waals surface area (Å²) in [7, 11) is 0. The lowest BCUT2D eigenvalue weighted by atomic mass is 10.3. The number of ether oxygens (including phenoxy) is 2. The van der Waals surface area contributed by atoms with Gasteiger partial charge in [0.1, 0.15) is 18.2 Å². The van der Waals surface area contributed by atoms with Crippen molar-refractivity contribution >= 4 is 5.82 Å². The second kappa shape index (κ2) is 7.16. The Morgan fingerprint density at radius 3 is 2.56 bits per heavy atom. The molecule has 0 saturated heterocycles. The fraction of sp³-hybridized carbons (Fsp3) is 0.692. The van der Waals surface area contributed by atoms with Crippen LogP contribution in [0.5, 0.6) is 5.88 Å². The Morgan fingerprint density at radius 2 is 1.94 bits per heavy atom. The van der Waals surface area contributed by atoms with E-state index < -0.39 is 0 Å². The van der Waals surface area contributed by atoms with E-state index in [0.29, 0.717) is 24.9 Å². The number of nitrogens with two attached hydrogens (primary N) is 1. The van der Waals surface area contributed by atoms with Gasteiger partial charge in [0.25, 0.3) is 0 Å². The molecule has 0 saturated carbocycles. The average molecular weight is 253 g/mol. The number of hydrogen-bond acceptors (Lipinski definition) is 5. The van der Waals surface area contributed by atoms with Crippen LogP contribution in [0.1, 0.15) is 38.6 Å². The van der Waals surface area contributed by atoms with Crippen LogP contribution in [0, 0.1) is 6.92 Å². The first-order chi connectivity index (χ1) is 8.54. The first kappa shape index (κ1) is 14.7. The maximum atomic E-state index is 5.84. The quantitative estimate of drug-likeness (QED) is 0.754. The number of anilines is 1. The number of hydrogen-bond donors (Lipinski definition) is 1. The summed E-state index contributed by atoms with van der Waals surface area (Å²) in [5, 5.41) is 0. The zero-order valence-corrected chi connectivity index (χ0v) is 11.7. The summed E-state index contributed by atoms with van der Waals surface area (Å²) in [4.78, 5) is 8.61. The van der Waals surface area contributed by atoms with Gasteiger partial charge in [0.15, 0.2) is 0 Å². The molecular formula is C13H23N3O2. The normalized spacial score (nSPS) is 10.9. The van der Waals surface area contributed by atoms with Crippen molar-refractivity contribution in [3.63, 3.8) is 0 Å². The van der Waals surface area contributed by atoms with E-state index in [0.717, 1.165) is 24.2 Å². The van der Waals surface area contributed by atoms with E-state index in [1.165, 1.54) is 0 Å². The van der Waals surface area contributed by atoms with Crippen LogP contribution in [0.25, 0.3) is 0 Å². The minimum atomic E-state index is 0.209. The zero-order chi connectivity index (χ0) is 13.5. The molecule has 0 atom stereocenters. The molecule has 0 aromatic carbocycles. The highest BCUT2D eigenvalue weighted by molar-refractivity contribution is 5.44. The van der Waals surface area contributed by atoms with Gasteiger partial charge in [-0.1, -0.05) is 6.92 Å². The van der Waals surface area contributed by atoms with E-state index >= 15 is 0 Å². The van der Waals surface area contributed by atoms with E-state index in [4.69, 9.17) is 15.2 Å². The Balaban J connectivity index is 2.63. The Morgan fingerprint density at radius 1 is 1.22 bits per heavy atom. The molecule has 5 heteroatoms. The molecule has 0 fully saturated rings. The lowest BCUT2D eigenvalue weighted by Gasteiger charge is -2.12. The van der Waals surface area contributed by atoms with Gasteiger partial charge in [0.2, 0.25) is 5.88 Å². The standard InChI is InChI=1S/C13H23N3O2/c1-5-6-11-15-12(14)10(4)13(16-11)18-8-7-17-9(2)3/h9H,5-8H2,1-4H3,(H2,14,15,16). The number of aryl methyl sites for hydroxylation is 1. The fourth-order valence-electron chi connectivity index (χ4n) is 1.46. The van der Waals surface area contributed by atoms with Gasteiger partial charge < -0.3 is 15.2 Å². The first-order valence-corrected chi connectivity index (χ1v) is 6.42. The molecule has 1 heterocycles. The Labute approximate surface area is 109 Å². The minimum Gasteiger partial charge on any atom is -0.475 e. The second-order valence-electron chi connectivity index (χ2n) is 4.47. The predicted octanol–water partition coefficient (Wildman–Crippen LogP) is 2.12. The number of rotatable bonds is 7. The van der Waals surface area contributed by atoms with Crippen LogP contribution >= 0.6 is 0 Å². The number of aromatic nitrogens is 2. The molecule has 0 unspecified atom stereocenters. The molecule has 1 rings (SSSR count). The van der Waals surface area contributed by atoms with Gasteiger partial charge in [-0.2, -0.15) is 4.98 Å². The van der Waals surface area contributed by atoms with Gasteiger partial charge in [0, 0.05) is 6.42 Å². The Kier molecular flexibility index (Phi) is 5.85. The van der Waals surface area contributed by atoms with Gasteiger partial charge in [-0.05, 0) is 27.2 Å². The molecule has 2 N–H and O–H groups in total. The highest BCUT2D eigenvalue weighted by Gasteiger charge is 2.09. The minimum absolute atomic E-state index is 0.209. The van der Waals surface area contributed by atoms with E-state index in [1.807, 2.05) is 20.8 Å². The topological polar surface area (TPSA) is 70.3 Å². The highest BCUT2D eigenvalue weighted by atomic mass is 16.5. The van der Waals surface area contributed by atoms with Crippen molar-refractivity contribution < 1.29 is 9.47 Å². The van der Waals surface area contributed by atoms with Crippen LogP contribution in [0.4, 0.5) is 5.82 Å². The lowest BCUT2D eigenvalue weighted by Crippen LogP contribution is -2.13. The summed E-state index contributed by atoms with van der Waals surface area (Å²) in [6.45, 7) is 8.95. The monoisotopic (exact) mass is 253 g/mol. The third kappa shape index (κ3) is 4.49. The van der Waals surface area contributed by atoms with Gasteiger partial charge in [-0.3, -0.25) is 0 Å². The summed E-state index contributed by atoms with van der Waals surface area (Å²) in [5.74, 6) is 1.80. The van der Waals surface area contributed by atoms with Crippen LogP contribution in [0.15, 0.2) is 0 Å². The van der Waals surface area contributed by atoms with Crippen molar-refractivity contribution in [3.05, 3.63) is 11.4 Å². The lowest BCUT2D eigenvalue weighted by molar-refractivity contribution is 0.0540. The van der Waals surface area contributed by atoms with Crippen molar-refractivity contribution in [3.8, 4) is 5.88 Å². The molecule has 1 aromatic rings. The van der Waals surface area contributed by atoms with Gasteiger partial charge >= 0.3 is 0 Å². The molecule has 0 radical (unpaired) electrons. The van der Waals surface area contributed by atoms with Gasteiger partial charge in [-0.25, -0.2) is 4.98 Å². The summed E-state index contributed by atoms with van der Waals surface area (Å²) in [6.07, 6.45) is 2.00. The van der Waals surface area contributed by atoms with Crippen LogP contribution in [-0.2, 0) is 11.2 Å². The molecule has 0 aliphatic carbocycles. The first-order valence-electron chi connectivity index (χ1n) is 6.42. The molecule has 0 aliphatic rings. The zero-order valence-electron chi connectivity index (χ0n) is 11.7. The van der Waals surface area contributed by atoms with E-state index in [-0.39, 0.29) is 6.10 Å². The molecule has 0 amide bonds. The van der Waals surface area contributed by atoms with Gasteiger partial charge in [0.05, 0.1) is 18.3 Å². The fourth-order valence-corrected chi connectivity index (χ4v) is 1.46. The summed E-state index contributed by atoms with van der Waals surface area (Å²) < 4.78 is 11.0. The van der Waals surface area contributed by atoms with Crippen molar-refractivity contribution in [2.24, 2.45) is 0 Å². The molecule has 18 heavy (non-hydrogen) atoms. The third-order valence-electron chi connectivity index (χ3n) is 2.43. The molecule has 102 valence electrons. The van der Waals surface area contributed by atoms with E-state index in [9.17, 15) is 0 Å². The summed E-state index contributed by atoms with van der Waals surface area (Å²) in [6, 6.07) is 0. The smallest absolute Gasteiger partial charge is 0.221 e. The van der Waals surface area contributed by atoms with Crippen molar-refractivity contribution in [1.29, 1.82) is 0 Å². The summed E-state index contributed by atoms with van der Waals surface area (Å²) in [5.41, 5.74) is 6.63. The van der Waals surface area contributed by atoms with Crippen LogP contribution < -0.4 is 10.5 Å². The van der Waals surface area contributed by atoms with Crippen molar-refractivity contribution in [2.45, 2.75) is 46.6 Å². The number of nitrogen functional groups attached to an aromatic ring is 1. The van der Waals surface area contributed by atoms with E-state index in [1.54, 1.807) is 0 Å². The SMILES string of the molecule is CCCc1nc(N)c(C)c(OCCOC(C)C)n1. The third-order valence-corrected chi connectivity index (χ3v) is 2.43. The maximum Gasteiger partial charge on any atom is 0.221 e. The molecular weight excluding hydrogens is 230 g/mol. The van der Waals surface area contributed by atoms with E-state index in [2.05, 4.69) is 16.9 Å². The second-order valence-corrected chi connectivity index (χ2v) is 4.47. The molecule has 0 aliphatic heterocycles. The summed E-state index contributed by atoms with van der Waals surface area (Å²) >= 11 is 0. The largest absolute Gasteiger partial charge is 0.475 e. The molecule has 0 spiro atoms. The molecule has 1 aromatic heterocycles. The Hall–Kier alpha value is -1.36. The van der Waals surface area contributed by atoms with Crippen molar-refractivity contribution in [2.75, 3.05) is 18.9 Å². The highest BCUT2D eigenvalue weighted by Crippen LogP contribution is 2.20. The van der Waals surface area contributed by atoms with Crippen LogP contribution in [-0.4, -0.2) is 29.3 Å². The maximum absolute atomic E-state index is 5.84. The van der Waals surface area contributed by atoms with Crippen molar-refractivity contribution in [1.82, 2.24) is 9.97 Å². The molecule has 5 nitrogen and oxygen atoms in total. The Bertz CT molecular complexity index is 381. The van der Waals surface area contributed by atoms with Gasteiger partial charge in [-0.15, -0.1) is 0 Å². The van der Waals surface area contributed by atoms with Crippen LogP contribution in [0.3, 0.4) is 0 Å². The molecule has 0 bridgehead atoms. The van der Waals surface area contributed by atoms with Crippen LogP contribution in [0.2, 0.25) is 0 Å². The number of nitrogens with zero attached hydrogens (tertiary/aromatic N) is 2. The average Bonchev–Trinajstić information content (AvgIpc) is 2.30.